The fourth-order valence-corrected chi connectivity index (χ4v) is 2.27. The summed E-state index contributed by atoms with van der Waals surface area (Å²) in [5, 5.41) is 5.30. The Hall–Kier alpha value is -0.610. The van der Waals surface area contributed by atoms with Crippen LogP contribution in [0, 0.1) is 12.8 Å². The summed E-state index contributed by atoms with van der Waals surface area (Å²) in [5.41, 5.74) is 1.08. The van der Waals surface area contributed by atoms with Gasteiger partial charge in [0.25, 0.3) is 0 Å². The van der Waals surface area contributed by atoms with Crippen LogP contribution in [-0.4, -0.2) is 17.7 Å². The summed E-state index contributed by atoms with van der Waals surface area (Å²) in [4.78, 5) is 11.6. The van der Waals surface area contributed by atoms with Crippen LogP contribution in [0.15, 0.2) is 10.2 Å². The average Bonchev–Trinajstić information content (AvgIpc) is 2.50. The van der Waals surface area contributed by atoms with E-state index in [0.29, 0.717) is 5.92 Å². The van der Waals surface area contributed by atoms with Gasteiger partial charge in [0.1, 0.15) is 0 Å². The highest BCUT2D eigenvalue weighted by Gasteiger charge is 2.07. The van der Waals surface area contributed by atoms with Crippen LogP contribution in [0.25, 0.3) is 0 Å². The van der Waals surface area contributed by atoms with Crippen molar-refractivity contribution in [2.75, 3.05) is 13.1 Å². The van der Waals surface area contributed by atoms with Crippen molar-refractivity contribution in [3.63, 3.8) is 0 Å². The Balaban J connectivity index is 2.44. The van der Waals surface area contributed by atoms with Crippen LogP contribution in [-0.2, 0) is 6.54 Å². The highest BCUT2D eigenvalue weighted by molar-refractivity contribution is 7.07. The number of hydrogen-bond donors (Lipinski definition) is 1. The van der Waals surface area contributed by atoms with Crippen molar-refractivity contribution < 1.29 is 0 Å². The maximum Gasteiger partial charge on any atom is 0.307 e. The fourth-order valence-electron chi connectivity index (χ4n) is 1.53. The number of hydrogen-bond acceptors (Lipinski definition) is 3. The summed E-state index contributed by atoms with van der Waals surface area (Å²) < 4.78 is 1.86. The van der Waals surface area contributed by atoms with Gasteiger partial charge in [-0.25, -0.2) is 0 Å². The minimum absolute atomic E-state index is 0.162. The third-order valence-electron chi connectivity index (χ3n) is 2.39. The lowest BCUT2D eigenvalue weighted by Crippen LogP contribution is -2.27. The van der Waals surface area contributed by atoms with Gasteiger partial charge in [0, 0.05) is 17.6 Å². The third kappa shape index (κ3) is 3.80. The van der Waals surface area contributed by atoms with E-state index in [0.717, 1.165) is 31.7 Å². The van der Waals surface area contributed by atoms with Crippen molar-refractivity contribution in [2.45, 2.75) is 33.7 Å². The number of nitrogens with zero attached hydrogens (tertiary/aromatic N) is 1. The molecule has 86 valence electrons. The van der Waals surface area contributed by atoms with Crippen LogP contribution in [0.1, 0.15) is 26.0 Å². The zero-order valence-corrected chi connectivity index (χ0v) is 10.6. The van der Waals surface area contributed by atoms with E-state index < -0.39 is 0 Å². The lowest BCUT2D eigenvalue weighted by molar-refractivity contribution is 0.438. The second-order valence-corrected chi connectivity index (χ2v) is 4.88. The summed E-state index contributed by atoms with van der Waals surface area (Å²) in [6.45, 7) is 9.18. The van der Waals surface area contributed by atoms with E-state index in [9.17, 15) is 4.79 Å². The molecule has 1 heterocycles. The molecule has 1 N–H and O–H groups in total. The first-order valence-electron chi connectivity index (χ1n) is 5.50. The van der Waals surface area contributed by atoms with Gasteiger partial charge < -0.3 is 9.88 Å². The van der Waals surface area contributed by atoms with E-state index in [-0.39, 0.29) is 4.87 Å². The molecule has 0 fully saturated rings. The molecule has 1 aromatic rings. The number of aromatic nitrogens is 1. The standard InChI is InChI=1S/C11H20N2OS/c1-4-5-12-6-9(2)7-13-10(3)8-15-11(13)14/h8-9,12H,4-7H2,1-3H3. The molecule has 1 atom stereocenters. The summed E-state index contributed by atoms with van der Waals surface area (Å²) in [6.07, 6.45) is 1.16. The molecule has 0 spiro atoms. The number of nitrogens with one attached hydrogen (secondary N) is 1. The molecule has 0 saturated carbocycles. The van der Waals surface area contributed by atoms with E-state index in [1.54, 1.807) is 0 Å². The van der Waals surface area contributed by atoms with Crippen LogP contribution in [0.2, 0.25) is 0 Å². The Kier molecular flexibility index (Phi) is 5.05. The quantitative estimate of drug-likeness (QED) is 0.754. The molecule has 0 aliphatic carbocycles. The maximum absolute atomic E-state index is 11.5. The minimum atomic E-state index is 0.162. The van der Waals surface area contributed by atoms with Gasteiger partial charge >= 0.3 is 4.87 Å². The molecule has 4 heteroatoms. The smallest absolute Gasteiger partial charge is 0.307 e. The van der Waals surface area contributed by atoms with Crippen molar-refractivity contribution in [3.05, 3.63) is 20.7 Å². The van der Waals surface area contributed by atoms with Gasteiger partial charge in [-0.15, -0.1) is 0 Å². The summed E-state index contributed by atoms with van der Waals surface area (Å²) in [5.74, 6) is 0.502. The van der Waals surface area contributed by atoms with Crippen molar-refractivity contribution in [2.24, 2.45) is 5.92 Å². The van der Waals surface area contributed by atoms with Gasteiger partial charge in [0.05, 0.1) is 0 Å². The Bertz CT molecular complexity index is 343. The van der Waals surface area contributed by atoms with Crippen molar-refractivity contribution >= 4 is 11.3 Å². The van der Waals surface area contributed by atoms with E-state index in [2.05, 4.69) is 19.2 Å². The fraction of sp³-hybridized carbons (Fsp3) is 0.727. The second kappa shape index (κ2) is 6.08. The Labute approximate surface area is 95.1 Å². The van der Waals surface area contributed by atoms with E-state index >= 15 is 0 Å². The van der Waals surface area contributed by atoms with Crippen LogP contribution in [0.5, 0.6) is 0 Å². The van der Waals surface area contributed by atoms with Gasteiger partial charge in [-0.2, -0.15) is 0 Å². The molecule has 1 rings (SSSR count). The van der Waals surface area contributed by atoms with Gasteiger partial charge in [-0.05, 0) is 32.4 Å². The molecular weight excluding hydrogens is 208 g/mol. The molecule has 15 heavy (non-hydrogen) atoms. The van der Waals surface area contributed by atoms with Crippen LogP contribution in [0.3, 0.4) is 0 Å². The second-order valence-electron chi connectivity index (χ2n) is 4.06. The first kappa shape index (κ1) is 12.5. The van der Waals surface area contributed by atoms with Crippen molar-refractivity contribution in [1.82, 2.24) is 9.88 Å². The number of thiazole rings is 1. The number of rotatable bonds is 6. The lowest BCUT2D eigenvalue weighted by Gasteiger charge is -2.13. The van der Waals surface area contributed by atoms with Crippen molar-refractivity contribution in [3.8, 4) is 0 Å². The highest BCUT2D eigenvalue weighted by atomic mass is 32.1. The van der Waals surface area contributed by atoms with Gasteiger partial charge in [-0.1, -0.05) is 25.2 Å². The SMILES string of the molecule is CCCNCC(C)Cn1c(C)csc1=O. The molecule has 0 amide bonds. The Morgan fingerprint density at radius 1 is 1.60 bits per heavy atom. The normalized spacial score (nSPS) is 13.0. The highest BCUT2D eigenvalue weighted by Crippen LogP contribution is 2.04. The largest absolute Gasteiger partial charge is 0.316 e. The van der Waals surface area contributed by atoms with E-state index in [1.165, 1.54) is 11.3 Å². The monoisotopic (exact) mass is 228 g/mol. The van der Waals surface area contributed by atoms with Gasteiger partial charge in [0.2, 0.25) is 0 Å². The molecule has 1 aromatic heterocycles. The van der Waals surface area contributed by atoms with Crippen LogP contribution in [0.4, 0.5) is 0 Å². The summed E-state index contributed by atoms with van der Waals surface area (Å²) in [7, 11) is 0. The molecule has 0 aliphatic rings. The molecule has 0 bridgehead atoms. The third-order valence-corrected chi connectivity index (χ3v) is 3.27. The first-order chi connectivity index (χ1) is 7.15. The predicted octanol–water partition coefficient (Wildman–Crippen LogP) is 1.85. The summed E-state index contributed by atoms with van der Waals surface area (Å²) >= 11 is 1.29. The zero-order valence-electron chi connectivity index (χ0n) is 9.75. The number of aryl methyl sites for hydroxylation is 1. The van der Waals surface area contributed by atoms with Gasteiger partial charge in [-0.3, -0.25) is 4.79 Å². The molecule has 0 aliphatic heterocycles. The predicted molar refractivity (Wildman–Crippen MR) is 65.6 cm³/mol. The topological polar surface area (TPSA) is 34.0 Å². The summed E-state index contributed by atoms with van der Waals surface area (Å²) in [6, 6.07) is 0. The van der Waals surface area contributed by atoms with Gasteiger partial charge in [0.15, 0.2) is 0 Å². The Morgan fingerprint density at radius 2 is 2.33 bits per heavy atom. The maximum atomic E-state index is 11.5. The molecule has 1 unspecified atom stereocenters. The zero-order chi connectivity index (χ0) is 11.3. The molecule has 3 nitrogen and oxygen atoms in total. The lowest BCUT2D eigenvalue weighted by atomic mass is 10.2. The molecule has 0 saturated heterocycles. The molecule has 0 aromatic carbocycles. The van der Waals surface area contributed by atoms with E-state index in [4.69, 9.17) is 0 Å². The minimum Gasteiger partial charge on any atom is -0.316 e. The molecular formula is C11H20N2OS. The first-order valence-corrected chi connectivity index (χ1v) is 6.38. The molecule has 0 radical (unpaired) electrons. The Morgan fingerprint density at radius 3 is 2.87 bits per heavy atom. The average molecular weight is 228 g/mol. The van der Waals surface area contributed by atoms with Crippen molar-refractivity contribution in [1.29, 1.82) is 0 Å². The van der Waals surface area contributed by atoms with Crippen LogP contribution < -0.4 is 10.2 Å². The van der Waals surface area contributed by atoms with Crippen LogP contribution >= 0.6 is 11.3 Å². The van der Waals surface area contributed by atoms with E-state index in [1.807, 2.05) is 16.9 Å².